The summed E-state index contributed by atoms with van der Waals surface area (Å²) in [5.41, 5.74) is 0. The van der Waals surface area contributed by atoms with Crippen molar-refractivity contribution in [2.75, 3.05) is 4.90 Å². The lowest BCUT2D eigenvalue weighted by atomic mass is 9.81. The van der Waals surface area contributed by atoms with Gasteiger partial charge in [0, 0.05) is 11.6 Å². The molecule has 0 aromatic carbocycles. The first-order chi connectivity index (χ1) is 8.27. The lowest BCUT2D eigenvalue weighted by Gasteiger charge is -2.14. The molecule has 3 saturated heterocycles. The predicted octanol–water partition coefficient (Wildman–Crippen LogP) is 0.810. The molecule has 17 heavy (non-hydrogen) atoms. The Morgan fingerprint density at radius 3 is 2.41 bits per heavy atom. The molecule has 3 aliphatic heterocycles. The summed E-state index contributed by atoms with van der Waals surface area (Å²) < 4.78 is 5.66. The van der Waals surface area contributed by atoms with Gasteiger partial charge in [0.05, 0.1) is 24.0 Å². The Bertz CT molecular complexity index is 473. The molecule has 4 heterocycles. The zero-order chi connectivity index (χ0) is 11.6. The Hall–Kier alpha value is -1.27. The molecule has 3 aliphatic rings. The normalized spacial score (nSPS) is 39.2. The van der Waals surface area contributed by atoms with Crippen molar-refractivity contribution in [1.82, 2.24) is 4.98 Å². The van der Waals surface area contributed by atoms with Gasteiger partial charge in [-0.25, -0.2) is 9.88 Å². The van der Waals surface area contributed by atoms with Crippen molar-refractivity contribution in [2.24, 2.45) is 11.8 Å². The van der Waals surface area contributed by atoms with Gasteiger partial charge in [0.1, 0.15) is 0 Å². The summed E-state index contributed by atoms with van der Waals surface area (Å²) in [6.45, 7) is 0. The molecule has 2 bridgehead atoms. The third kappa shape index (κ3) is 1.09. The molecule has 88 valence electrons. The Morgan fingerprint density at radius 1 is 1.24 bits per heavy atom. The van der Waals surface area contributed by atoms with Gasteiger partial charge in [-0.1, -0.05) is 0 Å². The molecule has 4 atom stereocenters. The van der Waals surface area contributed by atoms with Crippen LogP contribution in [-0.4, -0.2) is 29.0 Å². The number of aromatic nitrogens is 1. The van der Waals surface area contributed by atoms with E-state index in [4.69, 9.17) is 4.74 Å². The Balaban J connectivity index is 1.77. The van der Waals surface area contributed by atoms with Crippen LogP contribution in [0.4, 0.5) is 5.13 Å². The second-order valence-electron chi connectivity index (χ2n) is 4.67. The Morgan fingerprint density at radius 2 is 1.88 bits per heavy atom. The molecule has 5 nitrogen and oxygen atoms in total. The number of carbonyl (C=O) groups excluding carboxylic acids is 2. The molecule has 2 amide bonds. The quantitative estimate of drug-likeness (QED) is 0.692. The van der Waals surface area contributed by atoms with Gasteiger partial charge in [0.15, 0.2) is 5.13 Å². The van der Waals surface area contributed by atoms with Crippen molar-refractivity contribution in [3.63, 3.8) is 0 Å². The summed E-state index contributed by atoms with van der Waals surface area (Å²) in [7, 11) is 0. The number of amides is 2. The number of ether oxygens (including phenoxy) is 1. The molecule has 4 rings (SSSR count). The monoisotopic (exact) mass is 250 g/mol. The standard InChI is InChI=1S/C11H10N2O3S/c14-9-7-5-1-2-6(16-5)8(7)10(15)13(9)11-12-3-4-17-11/h3-8H,1-2H2/t5-,6+,7-,8+. The maximum absolute atomic E-state index is 12.3. The largest absolute Gasteiger partial charge is 0.373 e. The Labute approximate surface area is 101 Å². The summed E-state index contributed by atoms with van der Waals surface area (Å²) in [4.78, 5) is 29.9. The average molecular weight is 250 g/mol. The molecule has 6 heteroatoms. The van der Waals surface area contributed by atoms with E-state index in [1.165, 1.54) is 16.2 Å². The minimum Gasteiger partial charge on any atom is -0.373 e. The van der Waals surface area contributed by atoms with Crippen LogP contribution in [-0.2, 0) is 14.3 Å². The van der Waals surface area contributed by atoms with E-state index in [1.807, 2.05) is 0 Å². The third-order valence-corrected chi connectivity index (χ3v) is 4.65. The highest BCUT2D eigenvalue weighted by atomic mass is 32.1. The number of imide groups is 1. The summed E-state index contributed by atoms with van der Waals surface area (Å²) in [6.07, 6.45) is 3.31. The number of rotatable bonds is 1. The van der Waals surface area contributed by atoms with Crippen LogP contribution in [0, 0.1) is 11.8 Å². The molecule has 0 aliphatic carbocycles. The molecule has 0 spiro atoms. The molecule has 0 N–H and O–H groups in total. The lowest BCUT2D eigenvalue weighted by Crippen LogP contribution is -2.34. The fourth-order valence-electron chi connectivity index (χ4n) is 3.23. The van der Waals surface area contributed by atoms with E-state index in [-0.39, 0.29) is 35.9 Å². The SMILES string of the molecule is O=C1[C@@H]2[C@H](C(=O)N1c1nccs1)[C@H]1CC[C@@H]2O1. The van der Waals surface area contributed by atoms with Gasteiger partial charge in [0.25, 0.3) is 0 Å². The molecular formula is C11H10N2O3S. The van der Waals surface area contributed by atoms with Crippen molar-refractivity contribution in [1.29, 1.82) is 0 Å². The summed E-state index contributed by atoms with van der Waals surface area (Å²) in [5.74, 6) is -0.764. The molecule has 0 radical (unpaired) electrons. The molecule has 1 aromatic heterocycles. The van der Waals surface area contributed by atoms with Gasteiger partial charge in [-0.05, 0) is 12.8 Å². The third-order valence-electron chi connectivity index (χ3n) is 3.89. The maximum atomic E-state index is 12.3. The van der Waals surface area contributed by atoms with Crippen LogP contribution in [0.1, 0.15) is 12.8 Å². The van der Waals surface area contributed by atoms with E-state index < -0.39 is 0 Å². The van der Waals surface area contributed by atoms with Crippen LogP contribution in [0.15, 0.2) is 11.6 Å². The number of fused-ring (bicyclic) bond motifs is 5. The van der Waals surface area contributed by atoms with Crippen molar-refractivity contribution >= 4 is 28.3 Å². The topological polar surface area (TPSA) is 59.5 Å². The van der Waals surface area contributed by atoms with Crippen molar-refractivity contribution in [3.8, 4) is 0 Å². The second-order valence-corrected chi connectivity index (χ2v) is 5.54. The average Bonchev–Trinajstić information content (AvgIpc) is 3.03. The van der Waals surface area contributed by atoms with E-state index in [1.54, 1.807) is 11.6 Å². The number of hydrogen-bond acceptors (Lipinski definition) is 5. The molecular weight excluding hydrogens is 240 g/mol. The van der Waals surface area contributed by atoms with Crippen LogP contribution < -0.4 is 4.90 Å². The summed E-state index contributed by atoms with van der Waals surface area (Å²) >= 11 is 1.32. The van der Waals surface area contributed by atoms with Gasteiger partial charge < -0.3 is 4.74 Å². The highest BCUT2D eigenvalue weighted by Gasteiger charge is 2.63. The summed E-state index contributed by atoms with van der Waals surface area (Å²) in [5, 5.41) is 2.27. The predicted molar refractivity (Wildman–Crippen MR) is 59.5 cm³/mol. The highest BCUT2D eigenvalue weighted by Crippen LogP contribution is 2.49. The smallest absolute Gasteiger partial charge is 0.242 e. The zero-order valence-corrected chi connectivity index (χ0v) is 9.72. The maximum Gasteiger partial charge on any atom is 0.242 e. The first kappa shape index (κ1) is 9.73. The molecule has 3 fully saturated rings. The number of carbonyl (C=O) groups is 2. The minimum absolute atomic E-state index is 0.0496. The fourth-order valence-corrected chi connectivity index (χ4v) is 3.88. The van der Waals surface area contributed by atoms with Gasteiger partial charge in [-0.2, -0.15) is 0 Å². The van der Waals surface area contributed by atoms with Crippen molar-refractivity contribution in [2.45, 2.75) is 25.0 Å². The second kappa shape index (κ2) is 3.14. The van der Waals surface area contributed by atoms with Gasteiger partial charge in [-0.3, -0.25) is 9.59 Å². The first-order valence-electron chi connectivity index (χ1n) is 5.70. The van der Waals surface area contributed by atoms with Crippen LogP contribution in [0.25, 0.3) is 0 Å². The fraction of sp³-hybridized carbons (Fsp3) is 0.545. The van der Waals surface area contributed by atoms with Crippen molar-refractivity contribution < 1.29 is 14.3 Å². The van der Waals surface area contributed by atoms with E-state index >= 15 is 0 Å². The van der Waals surface area contributed by atoms with Gasteiger partial charge >= 0.3 is 0 Å². The number of nitrogens with zero attached hydrogens (tertiary/aromatic N) is 2. The van der Waals surface area contributed by atoms with E-state index in [0.29, 0.717) is 5.13 Å². The molecule has 0 unspecified atom stereocenters. The number of thiazole rings is 1. The van der Waals surface area contributed by atoms with Crippen molar-refractivity contribution in [3.05, 3.63) is 11.6 Å². The van der Waals surface area contributed by atoms with Gasteiger partial charge in [0.2, 0.25) is 11.8 Å². The lowest BCUT2D eigenvalue weighted by molar-refractivity contribution is -0.124. The minimum atomic E-state index is -0.259. The van der Waals surface area contributed by atoms with E-state index in [9.17, 15) is 9.59 Å². The number of hydrogen-bond donors (Lipinski definition) is 0. The highest BCUT2D eigenvalue weighted by molar-refractivity contribution is 7.14. The van der Waals surface area contributed by atoms with E-state index in [2.05, 4.69) is 4.98 Å². The van der Waals surface area contributed by atoms with Gasteiger partial charge in [-0.15, -0.1) is 11.3 Å². The van der Waals surface area contributed by atoms with Crippen LogP contribution >= 0.6 is 11.3 Å². The van der Waals surface area contributed by atoms with Crippen LogP contribution in [0.5, 0.6) is 0 Å². The number of anilines is 1. The summed E-state index contributed by atoms with van der Waals surface area (Å²) in [6, 6.07) is 0. The van der Waals surface area contributed by atoms with Crippen LogP contribution in [0.3, 0.4) is 0 Å². The first-order valence-corrected chi connectivity index (χ1v) is 6.58. The van der Waals surface area contributed by atoms with Crippen LogP contribution in [0.2, 0.25) is 0 Å². The van der Waals surface area contributed by atoms with E-state index in [0.717, 1.165) is 12.8 Å². The molecule has 0 saturated carbocycles. The Kier molecular flexibility index (Phi) is 1.80. The zero-order valence-electron chi connectivity index (χ0n) is 8.91. The molecule has 1 aromatic rings.